The Morgan fingerprint density at radius 1 is 1.42 bits per heavy atom. The fourth-order valence-electron chi connectivity index (χ4n) is 3.54. The first kappa shape index (κ1) is 11.1. The summed E-state index contributed by atoms with van der Waals surface area (Å²) in [7, 11) is 0. The second kappa shape index (κ2) is 4.13. The summed E-state index contributed by atoms with van der Waals surface area (Å²) in [6, 6.07) is 3.84. The van der Waals surface area contributed by atoms with Crippen molar-refractivity contribution in [3.63, 3.8) is 0 Å². The first-order chi connectivity index (χ1) is 9.38. The molecule has 1 saturated heterocycles. The van der Waals surface area contributed by atoms with Crippen molar-refractivity contribution in [2.45, 2.75) is 24.7 Å². The van der Waals surface area contributed by atoms with E-state index in [2.05, 4.69) is 20.4 Å². The van der Waals surface area contributed by atoms with E-state index in [1.807, 2.05) is 12.1 Å². The summed E-state index contributed by atoms with van der Waals surface area (Å²) < 4.78 is 5.58. The zero-order valence-corrected chi connectivity index (χ0v) is 10.7. The second-order valence-electron chi connectivity index (χ2n) is 5.54. The van der Waals surface area contributed by atoms with E-state index in [0.717, 1.165) is 31.0 Å². The van der Waals surface area contributed by atoms with Gasteiger partial charge in [0.1, 0.15) is 0 Å². The first-order valence-electron chi connectivity index (χ1n) is 6.84. The normalized spacial score (nSPS) is 29.6. The van der Waals surface area contributed by atoms with Crippen molar-refractivity contribution >= 4 is 0 Å². The molecule has 5 heteroatoms. The monoisotopic (exact) mass is 256 g/mol. The first-order valence-corrected chi connectivity index (χ1v) is 6.84. The quantitative estimate of drug-likeness (QED) is 0.887. The Morgan fingerprint density at radius 3 is 3.32 bits per heavy atom. The number of rotatable bonds is 2. The molecule has 1 aliphatic heterocycles. The fourth-order valence-corrected chi connectivity index (χ4v) is 3.54. The van der Waals surface area contributed by atoms with Crippen LogP contribution in [0, 0.1) is 5.92 Å². The molecule has 1 saturated carbocycles. The van der Waals surface area contributed by atoms with Gasteiger partial charge in [-0.05, 0) is 37.4 Å². The van der Waals surface area contributed by atoms with E-state index in [1.165, 1.54) is 12.8 Å². The van der Waals surface area contributed by atoms with Gasteiger partial charge in [0.2, 0.25) is 11.7 Å². The van der Waals surface area contributed by atoms with E-state index in [-0.39, 0.29) is 5.41 Å². The number of hydrogen-bond acceptors (Lipinski definition) is 5. The Kier molecular flexibility index (Phi) is 2.41. The Bertz CT molecular complexity index is 570. The Balaban J connectivity index is 1.72. The lowest BCUT2D eigenvalue weighted by Gasteiger charge is -2.22. The van der Waals surface area contributed by atoms with E-state index in [1.54, 1.807) is 12.4 Å². The molecule has 0 radical (unpaired) electrons. The van der Waals surface area contributed by atoms with Gasteiger partial charge < -0.3 is 9.84 Å². The maximum Gasteiger partial charge on any atom is 0.234 e. The average Bonchev–Trinajstić information content (AvgIpc) is 3.14. The third kappa shape index (κ3) is 1.61. The van der Waals surface area contributed by atoms with Crippen LogP contribution in [0.2, 0.25) is 0 Å². The summed E-state index contributed by atoms with van der Waals surface area (Å²) in [5, 5.41) is 7.60. The zero-order chi connectivity index (χ0) is 12.7. The van der Waals surface area contributed by atoms with Gasteiger partial charge >= 0.3 is 0 Å². The van der Waals surface area contributed by atoms with Crippen LogP contribution in [0.1, 0.15) is 25.2 Å². The van der Waals surface area contributed by atoms with Crippen LogP contribution in [0.5, 0.6) is 0 Å². The zero-order valence-electron chi connectivity index (χ0n) is 10.7. The highest BCUT2D eigenvalue weighted by Gasteiger charge is 2.51. The van der Waals surface area contributed by atoms with Gasteiger partial charge in [0.25, 0.3) is 0 Å². The van der Waals surface area contributed by atoms with Gasteiger partial charge in [-0.2, -0.15) is 4.98 Å². The van der Waals surface area contributed by atoms with Crippen molar-refractivity contribution in [1.82, 2.24) is 20.4 Å². The molecule has 0 spiro atoms. The summed E-state index contributed by atoms with van der Waals surface area (Å²) in [6.45, 7) is 2.04. The number of fused-ring (bicyclic) bond motifs is 1. The smallest absolute Gasteiger partial charge is 0.234 e. The van der Waals surface area contributed by atoms with Crippen molar-refractivity contribution < 1.29 is 4.52 Å². The molecule has 2 atom stereocenters. The van der Waals surface area contributed by atoms with Crippen LogP contribution in [-0.4, -0.2) is 28.2 Å². The number of pyridine rings is 1. The van der Waals surface area contributed by atoms with E-state index in [4.69, 9.17) is 4.52 Å². The molecule has 0 amide bonds. The standard InChI is InChI=1S/C14H16N4O/c1-4-11-8-16-9-14(11,5-1)13-17-12(18-19-13)10-3-2-6-15-7-10/h2-3,6-7,11,16H,1,4-5,8-9H2. The molecule has 2 aromatic rings. The van der Waals surface area contributed by atoms with Crippen LogP contribution in [-0.2, 0) is 5.41 Å². The number of nitrogens with one attached hydrogen (secondary N) is 1. The molecule has 19 heavy (non-hydrogen) atoms. The average molecular weight is 256 g/mol. The molecule has 2 aliphatic rings. The summed E-state index contributed by atoms with van der Waals surface area (Å²) in [6.07, 6.45) is 7.19. The molecule has 0 bridgehead atoms. The molecule has 98 valence electrons. The highest BCUT2D eigenvalue weighted by atomic mass is 16.5. The fraction of sp³-hybridized carbons (Fsp3) is 0.500. The predicted molar refractivity (Wildman–Crippen MR) is 69.4 cm³/mol. The van der Waals surface area contributed by atoms with Gasteiger partial charge in [-0.15, -0.1) is 0 Å². The Labute approximate surface area is 111 Å². The third-order valence-corrected chi connectivity index (χ3v) is 4.56. The molecule has 0 aromatic carbocycles. The summed E-state index contributed by atoms with van der Waals surface area (Å²) in [5.41, 5.74) is 0.988. The maximum absolute atomic E-state index is 5.58. The van der Waals surface area contributed by atoms with E-state index in [0.29, 0.717) is 11.7 Å². The van der Waals surface area contributed by atoms with Crippen LogP contribution in [0.4, 0.5) is 0 Å². The minimum absolute atomic E-state index is 0.0768. The molecule has 4 rings (SSSR count). The lowest BCUT2D eigenvalue weighted by atomic mass is 9.80. The molecule has 5 nitrogen and oxygen atoms in total. The largest absolute Gasteiger partial charge is 0.338 e. The van der Waals surface area contributed by atoms with Crippen molar-refractivity contribution in [3.8, 4) is 11.4 Å². The molecular weight excluding hydrogens is 240 g/mol. The van der Waals surface area contributed by atoms with E-state index >= 15 is 0 Å². The lowest BCUT2D eigenvalue weighted by molar-refractivity contribution is 0.265. The summed E-state index contributed by atoms with van der Waals surface area (Å²) >= 11 is 0. The summed E-state index contributed by atoms with van der Waals surface area (Å²) in [4.78, 5) is 8.74. The Morgan fingerprint density at radius 2 is 2.42 bits per heavy atom. The van der Waals surface area contributed by atoms with E-state index in [9.17, 15) is 0 Å². The second-order valence-corrected chi connectivity index (χ2v) is 5.54. The molecule has 2 fully saturated rings. The topological polar surface area (TPSA) is 63.8 Å². The maximum atomic E-state index is 5.58. The van der Waals surface area contributed by atoms with Crippen molar-refractivity contribution in [3.05, 3.63) is 30.4 Å². The minimum Gasteiger partial charge on any atom is -0.338 e. The van der Waals surface area contributed by atoms with Gasteiger partial charge in [0.05, 0.1) is 5.41 Å². The summed E-state index contributed by atoms with van der Waals surface area (Å²) in [5.74, 6) is 2.10. The van der Waals surface area contributed by atoms with Gasteiger partial charge in [-0.3, -0.25) is 4.98 Å². The lowest BCUT2D eigenvalue weighted by Crippen LogP contribution is -2.31. The highest BCUT2D eigenvalue weighted by molar-refractivity contribution is 5.52. The predicted octanol–water partition coefficient (Wildman–Crippen LogP) is 1.77. The van der Waals surface area contributed by atoms with Gasteiger partial charge in [0.15, 0.2) is 0 Å². The molecule has 2 aromatic heterocycles. The highest BCUT2D eigenvalue weighted by Crippen LogP contribution is 2.47. The van der Waals surface area contributed by atoms with Crippen LogP contribution < -0.4 is 5.32 Å². The van der Waals surface area contributed by atoms with E-state index < -0.39 is 0 Å². The third-order valence-electron chi connectivity index (χ3n) is 4.56. The van der Waals surface area contributed by atoms with Crippen LogP contribution >= 0.6 is 0 Å². The molecule has 1 N–H and O–H groups in total. The van der Waals surface area contributed by atoms with Crippen LogP contribution in [0.25, 0.3) is 11.4 Å². The van der Waals surface area contributed by atoms with Crippen molar-refractivity contribution in [2.24, 2.45) is 5.92 Å². The molecule has 1 aliphatic carbocycles. The number of aromatic nitrogens is 3. The molecule has 3 heterocycles. The minimum atomic E-state index is 0.0768. The SMILES string of the molecule is c1cncc(-c2noc(C34CCCC3CNC4)n2)c1. The molecular formula is C14H16N4O. The number of nitrogens with zero attached hydrogens (tertiary/aromatic N) is 3. The van der Waals surface area contributed by atoms with Gasteiger partial charge in [-0.1, -0.05) is 11.6 Å². The molecule has 2 unspecified atom stereocenters. The van der Waals surface area contributed by atoms with Crippen LogP contribution in [0.3, 0.4) is 0 Å². The van der Waals surface area contributed by atoms with Crippen molar-refractivity contribution in [1.29, 1.82) is 0 Å². The van der Waals surface area contributed by atoms with Gasteiger partial charge in [0, 0.05) is 24.5 Å². The van der Waals surface area contributed by atoms with Gasteiger partial charge in [-0.25, -0.2) is 0 Å². The van der Waals surface area contributed by atoms with Crippen LogP contribution in [0.15, 0.2) is 29.0 Å². The Hall–Kier alpha value is -1.75. The number of hydrogen-bond donors (Lipinski definition) is 1. The van der Waals surface area contributed by atoms with Crippen molar-refractivity contribution in [2.75, 3.05) is 13.1 Å².